The average Bonchev–Trinajstić information content (AvgIpc) is 3.12. The van der Waals surface area contributed by atoms with Gasteiger partial charge in [0, 0.05) is 28.9 Å². The number of thiophene rings is 1. The highest BCUT2D eigenvalue weighted by molar-refractivity contribution is 7.10. The topological polar surface area (TPSA) is 64.2 Å². The Bertz CT molecular complexity index is 883. The molecular formula is C16H15ClN2O3S. The molecule has 3 aromatic rings. The molecular weight excluding hydrogens is 336 g/mol. The maximum absolute atomic E-state index is 12.1. The van der Waals surface area contributed by atoms with E-state index in [1.807, 2.05) is 24.4 Å². The van der Waals surface area contributed by atoms with Crippen molar-refractivity contribution in [1.29, 1.82) is 0 Å². The van der Waals surface area contributed by atoms with E-state index >= 15 is 0 Å². The largest absolute Gasteiger partial charge is 0.419 e. The monoisotopic (exact) mass is 350 g/mol. The summed E-state index contributed by atoms with van der Waals surface area (Å²) in [6, 6.07) is 8.88. The number of nitrogens with one attached hydrogen (secondary N) is 1. The van der Waals surface area contributed by atoms with Crippen LogP contribution in [0.25, 0.3) is 11.1 Å². The second-order valence-corrected chi connectivity index (χ2v) is 6.60. The van der Waals surface area contributed by atoms with Crippen molar-refractivity contribution >= 4 is 39.9 Å². The molecule has 3 rings (SSSR count). The van der Waals surface area contributed by atoms with Gasteiger partial charge in [-0.1, -0.05) is 17.7 Å². The first-order valence-corrected chi connectivity index (χ1v) is 8.42. The van der Waals surface area contributed by atoms with E-state index in [0.29, 0.717) is 16.1 Å². The number of rotatable bonds is 5. The van der Waals surface area contributed by atoms with Crippen LogP contribution in [-0.2, 0) is 11.3 Å². The smallest absolute Gasteiger partial charge is 0.408 e. The molecule has 0 aliphatic carbocycles. The standard InChI is InChI=1S/C16H15ClN2O3S/c1-10(14-3-2-8-23-14)18-15(20)6-7-19-12-5-4-11(17)9-13(12)22-16(19)21/h2-5,8-10H,6-7H2,1H3,(H,18,20)/t10-/m1/s1. The van der Waals surface area contributed by atoms with Crippen molar-refractivity contribution in [3.05, 3.63) is 56.2 Å². The van der Waals surface area contributed by atoms with Crippen LogP contribution in [-0.4, -0.2) is 10.5 Å². The molecule has 1 atom stereocenters. The Morgan fingerprint density at radius 3 is 3.00 bits per heavy atom. The molecule has 0 bridgehead atoms. The Balaban J connectivity index is 1.67. The molecule has 0 aliphatic rings. The Morgan fingerprint density at radius 2 is 2.26 bits per heavy atom. The van der Waals surface area contributed by atoms with Gasteiger partial charge in [0.15, 0.2) is 5.58 Å². The third-order valence-corrected chi connectivity index (χ3v) is 4.83. The molecule has 0 spiro atoms. The van der Waals surface area contributed by atoms with Gasteiger partial charge >= 0.3 is 5.76 Å². The van der Waals surface area contributed by atoms with E-state index in [9.17, 15) is 9.59 Å². The van der Waals surface area contributed by atoms with E-state index in [0.717, 1.165) is 4.88 Å². The van der Waals surface area contributed by atoms with Crippen molar-refractivity contribution in [1.82, 2.24) is 9.88 Å². The quantitative estimate of drug-likeness (QED) is 0.765. The van der Waals surface area contributed by atoms with Crippen LogP contribution in [0.4, 0.5) is 0 Å². The van der Waals surface area contributed by atoms with Gasteiger partial charge in [0.2, 0.25) is 5.91 Å². The number of hydrogen-bond acceptors (Lipinski definition) is 4. The zero-order valence-electron chi connectivity index (χ0n) is 12.4. The SMILES string of the molecule is C[C@@H](NC(=O)CCn1c(=O)oc2cc(Cl)ccc21)c1cccs1. The van der Waals surface area contributed by atoms with E-state index in [-0.39, 0.29) is 24.9 Å². The average molecular weight is 351 g/mol. The number of nitrogens with zero attached hydrogens (tertiary/aromatic N) is 1. The van der Waals surface area contributed by atoms with Crippen LogP contribution in [0.15, 0.2) is 44.9 Å². The fourth-order valence-corrected chi connectivity index (χ4v) is 3.28. The number of fused-ring (bicyclic) bond motifs is 1. The molecule has 120 valence electrons. The zero-order chi connectivity index (χ0) is 16.4. The van der Waals surface area contributed by atoms with E-state index in [2.05, 4.69) is 5.32 Å². The summed E-state index contributed by atoms with van der Waals surface area (Å²) < 4.78 is 6.59. The number of aryl methyl sites for hydroxylation is 1. The van der Waals surface area contributed by atoms with Gasteiger partial charge in [-0.2, -0.15) is 0 Å². The Hall–Kier alpha value is -2.05. The van der Waals surface area contributed by atoms with Crippen molar-refractivity contribution in [2.45, 2.75) is 25.9 Å². The first-order chi connectivity index (χ1) is 11.0. The van der Waals surface area contributed by atoms with Crippen molar-refractivity contribution in [2.75, 3.05) is 0 Å². The number of carbonyl (C=O) groups is 1. The summed E-state index contributed by atoms with van der Waals surface area (Å²) in [6.45, 7) is 2.20. The van der Waals surface area contributed by atoms with Crippen LogP contribution in [0.2, 0.25) is 5.02 Å². The summed E-state index contributed by atoms with van der Waals surface area (Å²) in [5, 5.41) is 5.40. The highest BCUT2D eigenvalue weighted by atomic mass is 35.5. The number of benzene rings is 1. The number of amides is 1. The molecule has 0 fully saturated rings. The molecule has 2 heterocycles. The van der Waals surface area contributed by atoms with E-state index in [4.69, 9.17) is 16.0 Å². The van der Waals surface area contributed by atoms with Crippen LogP contribution in [0.5, 0.6) is 0 Å². The summed E-state index contributed by atoms with van der Waals surface area (Å²) in [6.07, 6.45) is 0.201. The first-order valence-electron chi connectivity index (χ1n) is 7.16. The van der Waals surface area contributed by atoms with Crippen molar-refractivity contribution in [3.63, 3.8) is 0 Å². The molecule has 0 unspecified atom stereocenters. The molecule has 5 nitrogen and oxygen atoms in total. The van der Waals surface area contributed by atoms with Gasteiger partial charge in [-0.25, -0.2) is 4.79 Å². The molecule has 1 amide bonds. The predicted octanol–water partition coefficient (Wildman–Crippen LogP) is 3.58. The van der Waals surface area contributed by atoms with Crippen LogP contribution in [0, 0.1) is 0 Å². The van der Waals surface area contributed by atoms with Gasteiger partial charge in [-0.3, -0.25) is 9.36 Å². The molecule has 7 heteroatoms. The molecule has 0 saturated heterocycles. The Labute approximate surface area is 141 Å². The molecule has 0 aliphatic heterocycles. The summed E-state index contributed by atoms with van der Waals surface area (Å²) in [4.78, 5) is 25.1. The van der Waals surface area contributed by atoms with Gasteiger partial charge in [0.05, 0.1) is 11.6 Å². The minimum atomic E-state index is -0.485. The zero-order valence-corrected chi connectivity index (χ0v) is 14.0. The number of hydrogen-bond donors (Lipinski definition) is 1. The molecule has 1 N–H and O–H groups in total. The van der Waals surface area contributed by atoms with Gasteiger partial charge in [-0.15, -0.1) is 11.3 Å². The second kappa shape index (κ2) is 6.60. The third-order valence-electron chi connectivity index (χ3n) is 3.54. The number of oxazole rings is 1. The summed E-state index contributed by atoms with van der Waals surface area (Å²) in [5.41, 5.74) is 1.06. The Kier molecular flexibility index (Phi) is 4.54. The van der Waals surface area contributed by atoms with Crippen molar-refractivity contribution < 1.29 is 9.21 Å². The highest BCUT2D eigenvalue weighted by Crippen LogP contribution is 2.19. The van der Waals surface area contributed by atoms with E-state index in [1.54, 1.807) is 29.5 Å². The Morgan fingerprint density at radius 1 is 1.43 bits per heavy atom. The molecule has 2 aromatic heterocycles. The van der Waals surface area contributed by atoms with E-state index < -0.39 is 5.76 Å². The normalized spacial score (nSPS) is 12.4. The van der Waals surface area contributed by atoms with Gasteiger partial charge in [-0.05, 0) is 30.5 Å². The highest BCUT2D eigenvalue weighted by Gasteiger charge is 2.13. The molecule has 0 radical (unpaired) electrons. The fraction of sp³-hybridized carbons (Fsp3) is 0.250. The third kappa shape index (κ3) is 3.48. The number of halogens is 1. The van der Waals surface area contributed by atoms with Crippen LogP contribution >= 0.6 is 22.9 Å². The second-order valence-electron chi connectivity index (χ2n) is 5.19. The van der Waals surface area contributed by atoms with Crippen molar-refractivity contribution in [3.8, 4) is 0 Å². The minimum absolute atomic E-state index is 0.0425. The fourth-order valence-electron chi connectivity index (χ4n) is 2.39. The lowest BCUT2D eigenvalue weighted by Crippen LogP contribution is -2.28. The molecule has 0 saturated carbocycles. The lowest BCUT2D eigenvalue weighted by molar-refractivity contribution is -0.121. The lowest BCUT2D eigenvalue weighted by Gasteiger charge is -2.12. The predicted molar refractivity (Wildman–Crippen MR) is 91.0 cm³/mol. The summed E-state index contributed by atoms with van der Waals surface area (Å²) in [5.74, 6) is -0.595. The van der Waals surface area contributed by atoms with Crippen LogP contribution in [0.3, 0.4) is 0 Å². The van der Waals surface area contributed by atoms with Crippen LogP contribution < -0.4 is 11.1 Å². The summed E-state index contributed by atoms with van der Waals surface area (Å²) in [7, 11) is 0. The summed E-state index contributed by atoms with van der Waals surface area (Å²) >= 11 is 7.48. The van der Waals surface area contributed by atoms with Crippen molar-refractivity contribution in [2.24, 2.45) is 0 Å². The molecule has 1 aromatic carbocycles. The van der Waals surface area contributed by atoms with Gasteiger partial charge in [0.1, 0.15) is 0 Å². The minimum Gasteiger partial charge on any atom is -0.408 e. The van der Waals surface area contributed by atoms with E-state index in [1.165, 1.54) is 4.57 Å². The van der Waals surface area contributed by atoms with Crippen LogP contribution in [0.1, 0.15) is 24.3 Å². The number of aromatic nitrogens is 1. The molecule has 23 heavy (non-hydrogen) atoms. The lowest BCUT2D eigenvalue weighted by atomic mass is 10.2. The number of carbonyl (C=O) groups excluding carboxylic acids is 1. The van der Waals surface area contributed by atoms with Gasteiger partial charge in [0.25, 0.3) is 0 Å². The maximum Gasteiger partial charge on any atom is 0.419 e. The first kappa shape index (κ1) is 15.8. The maximum atomic E-state index is 12.1. The van der Waals surface area contributed by atoms with Gasteiger partial charge < -0.3 is 9.73 Å².